The van der Waals surface area contributed by atoms with Crippen LogP contribution >= 0.6 is 15.9 Å². The van der Waals surface area contributed by atoms with Crippen LogP contribution in [0.25, 0.3) is 5.69 Å². The largest absolute Gasteiger partial charge is 0.400 e. The maximum atomic E-state index is 11.5. The van der Waals surface area contributed by atoms with Gasteiger partial charge in [0.15, 0.2) is 0 Å². The number of hydrogen-bond acceptors (Lipinski definition) is 3. The van der Waals surface area contributed by atoms with Crippen molar-refractivity contribution in [3.05, 3.63) is 117 Å². The Morgan fingerprint density at radius 1 is 0.879 bits per heavy atom. The van der Waals surface area contributed by atoms with Crippen LogP contribution in [-0.2, 0) is 11.2 Å². The summed E-state index contributed by atoms with van der Waals surface area (Å²) in [6.07, 6.45) is 3.57. The molecule has 0 amide bonds. The Bertz CT molecular complexity index is 1100. The topological polar surface area (TPSA) is 55.1 Å². The number of aldehydes is 1. The molecule has 1 unspecified atom stereocenters. The third-order valence-electron chi connectivity index (χ3n) is 5.02. The minimum Gasteiger partial charge on any atom is -0.400 e. The summed E-state index contributed by atoms with van der Waals surface area (Å²) in [5.41, 5.74) is 6.68. The van der Waals surface area contributed by atoms with Crippen molar-refractivity contribution in [3.8, 4) is 5.69 Å². The number of carbonyl (C=O) groups is 1. The van der Waals surface area contributed by atoms with Gasteiger partial charge in [-0.05, 0) is 56.7 Å². The summed E-state index contributed by atoms with van der Waals surface area (Å²) in [6, 6.07) is 26.5. The van der Waals surface area contributed by atoms with E-state index in [0.29, 0.717) is 6.42 Å². The molecule has 1 atom stereocenters. The van der Waals surface area contributed by atoms with Gasteiger partial charge in [-0.2, -0.15) is 5.10 Å². The quantitative estimate of drug-likeness (QED) is 0.319. The van der Waals surface area contributed by atoms with E-state index in [2.05, 4.69) is 65.2 Å². The molecule has 0 saturated carbocycles. The van der Waals surface area contributed by atoms with E-state index in [1.54, 1.807) is 0 Å². The summed E-state index contributed by atoms with van der Waals surface area (Å²) in [5, 5.41) is 11.6. The predicted molar refractivity (Wildman–Crippen MR) is 139 cm³/mol. The molecule has 0 aliphatic carbocycles. The Hall–Kier alpha value is -3.02. The van der Waals surface area contributed by atoms with Gasteiger partial charge < -0.3 is 9.90 Å². The summed E-state index contributed by atoms with van der Waals surface area (Å²) >= 11 is 3.35. The first-order valence-corrected chi connectivity index (χ1v) is 11.5. The second-order valence-electron chi connectivity index (χ2n) is 7.74. The SMILES string of the molecule is CO.Cc1ccc(-n2ccc(CC(C=O)c3cccc(C)c3)n2)cc1.Cc1ccc(Br)cc1. The number of carbonyl (C=O) groups excluding carboxylic acids is 1. The number of aromatic nitrogens is 2. The van der Waals surface area contributed by atoms with Crippen molar-refractivity contribution in [1.29, 1.82) is 0 Å². The zero-order valence-electron chi connectivity index (χ0n) is 19.6. The molecule has 0 fully saturated rings. The van der Waals surface area contributed by atoms with Gasteiger partial charge >= 0.3 is 0 Å². The van der Waals surface area contributed by atoms with Gasteiger partial charge in [-0.15, -0.1) is 0 Å². The molecule has 172 valence electrons. The molecule has 1 N–H and O–H groups in total. The normalized spacial score (nSPS) is 10.8. The van der Waals surface area contributed by atoms with Crippen LogP contribution in [-0.4, -0.2) is 28.3 Å². The molecule has 33 heavy (non-hydrogen) atoms. The fraction of sp³-hybridized carbons (Fsp3) is 0.214. The van der Waals surface area contributed by atoms with Crippen molar-refractivity contribution < 1.29 is 9.90 Å². The summed E-state index contributed by atoms with van der Waals surface area (Å²) < 4.78 is 3.00. The molecule has 4 rings (SSSR count). The van der Waals surface area contributed by atoms with Gasteiger partial charge in [-0.25, -0.2) is 4.68 Å². The molecule has 5 heteroatoms. The second kappa shape index (κ2) is 13.5. The first kappa shape index (κ1) is 26.2. The third-order valence-corrected chi connectivity index (χ3v) is 5.55. The zero-order valence-corrected chi connectivity index (χ0v) is 21.2. The lowest BCUT2D eigenvalue weighted by Gasteiger charge is -2.10. The lowest BCUT2D eigenvalue weighted by atomic mass is 9.94. The van der Waals surface area contributed by atoms with Crippen molar-refractivity contribution in [2.45, 2.75) is 33.1 Å². The van der Waals surface area contributed by atoms with E-state index in [9.17, 15) is 4.79 Å². The van der Waals surface area contributed by atoms with Gasteiger partial charge in [0, 0.05) is 30.1 Å². The van der Waals surface area contributed by atoms with Crippen molar-refractivity contribution in [2.24, 2.45) is 0 Å². The average Bonchev–Trinajstić information content (AvgIpc) is 3.30. The van der Waals surface area contributed by atoms with Gasteiger partial charge in [0.1, 0.15) is 6.29 Å². The first-order valence-electron chi connectivity index (χ1n) is 10.7. The molecule has 0 aliphatic heterocycles. The summed E-state index contributed by atoms with van der Waals surface area (Å²) in [7, 11) is 1.00. The summed E-state index contributed by atoms with van der Waals surface area (Å²) in [6.45, 7) is 6.18. The van der Waals surface area contributed by atoms with E-state index in [0.717, 1.165) is 34.8 Å². The molecular formula is C28H31BrN2O2. The van der Waals surface area contributed by atoms with E-state index in [1.807, 2.05) is 66.3 Å². The molecule has 3 aromatic carbocycles. The van der Waals surface area contributed by atoms with Crippen molar-refractivity contribution in [2.75, 3.05) is 7.11 Å². The number of benzene rings is 3. The van der Waals surface area contributed by atoms with Gasteiger partial charge in [0.25, 0.3) is 0 Å². The molecule has 0 saturated heterocycles. The molecule has 4 aromatic rings. The average molecular weight is 507 g/mol. The second-order valence-corrected chi connectivity index (χ2v) is 8.66. The predicted octanol–water partition coefficient (Wildman–Crippen LogP) is 6.38. The fourth-order valence-electron chi connectivity index (χ4n) is 3.22. The number of rotatable bonds is 5. The van der Waals surface area contributed by atoms with Crippen molar-refractivity contribution >= 4 is 22.2 Å². The highest BCUT2D eigenvalue weighted by Gasteiger charge is 2.13. The minimum absolute atomic E-state index is 0.156. The first-order chi connectivity index (χ1) is 15.9. The van der Waals surface area contributed by atoms with Crippen molar-refractivity contribution in [1.82, 2.24) is 9.78 Å². The number of halogens is 1. The summed E-state index contributed by atoms with van der Waals surface area (Å²) in [4.78, 5) is 11.5. The lowest BCUT2D eigenvalue weighted by molar-refractivity contribution is -0.109. The van der Waals surface area contributed by atoms with Crippen LogP contribution in [0.15, 0.2) is 89.5 Å². The number of aliphatic hydroxyl groups is 1. The van der Waals surface area contributed by atoms with E-state index in [-0.39, 0.29) is 5.92 Å². The number of nitrogens with zero attached hydrogens (tertiary/aromatic N) is 2. The number of hydrogen-bond donors (Lipinski definition) is 1. The highest BCUT2D eigenvalue weighted by Crippen LogP contribution is 2.20. The molecule has 4 nitrogen and oxygen atoms in total. The van der Waals surface area contributed by atoms with Gasteiger partial charge in [0.05, 0.1) is 11.4 Å². The molecular weight excluding hydrogens is 476 g/mol. The Labute approximate surface area is 205 Å². The standard InChI is InChI=1S/C20H20N2O.C7H7Br.CH4O/c1-15-6-8-20(9-7-15)22-11-10-19(21-22)13-18(14-23)17-5-3-4-16(2)12-17;1-6-2-4-7(8)5-3-6;1-2/h3-12,14,18H,13H2,1-2H3;2-5H,1H3;2H,1H3. The van der Waals surface area contributed by atoms with Crippen LogP contribution in [0, 0.1) is 20.8 Å². The Kier molecular flexibility index (Phi) is 10.7. The highest BCUT2D eigenvalue weighted by atomic mass is 79.9. The third kappa shape index (κ3) is 8.44. The van der Waals surface area contributed by atoms with Crippen LogP contribution in [0.5, 0.6) is 0 Å². The number of aliphatic hydroxyl groups excluding tert-OH is 1. The maximum absolute atomic E-state index is 11.5. The fourth-order valence-corrected chi connectivity index (χ4v) is 3.48. The van der Waals surface area contributed by atoms with Crippen LogP contribution in [0.2, 0.25) is 0 Å². The Balaban J connectivity index is 0.000000323. The molecule has 0 spiro atoms. The molecule has 0 bridgehead atoms. The number of aryl methyl sites for hydroxylation is 3. The highest BCUT2D eigenvalue weighted by molar-refractivity contribution is 9.10. The van der Waals surface area contributed by atoms with Gasteiger partial charge in [-0.3, -0.25) is 0 Å². The van der Waals surface area contributed by atoms with Crippen LogP contribution in [0.1, 0.15) is 33.9 Å². The summed E-state index contributed by atoms with van der Waals surface area (Å²) in [5.74, 6) is -0.156. The smallest absolute Gasteiger partial charge is 0.127 e. The van der Waals surface area contributed by atoms with Crippen LogP contribution in [0.4, 0.5) is 0 Å². The van der Waals surface area contributed by atoms with Crippen LogP contribution < -0.4 is 0 Å². The van der Waals surface area contributed by atoms with E-state index in [1.165, 1.54) is 16.7 Å². The lowest BCUT2D eigenvalue weighted by Crippen LogP contribution is -2.06. The maximum Gasteiger partial charge on any atom is 0.127 e. The Morgan fingerprint density at radius 3 is 2.03 bits per heavy atom. The molecule has 0 aliphatic rings. The van der Waals surface area contributed by atoms with E-state index >= 15 is 0 Å². The van der Waals surface area contributed by atoms with Gasteiger partial charge in [-0.1, -0.05) is 81.2 Å². The van der Waals surface area contributed by atoms with E-state index < -0.39 is 0 Å². The molecule has 1 aromatic heterocycles. The molecule has 0 radical (unpaired) electrons. The zero-order chi connectivity index (χ0) is 24.2. The van der Waals surface area contributed by atoms with Gasteiger partial charge in [0.2, 0.25) is 0 Å². The van der Waals surface area contributed by atoms with Crippen LogP contribution in [0.3, 0.4) is 0 Å². The minimum atomic E-state index is -0.156. The van der Waals surface area contributed by atoms with E-state index in [4.69, 9.17) is 5.11 Å². The van der Waals surface area contributed by atoms with Crippen molar-refractivity contribution in [3.63, 3.8) is 0 Å². The molecule has 1 heterocycles. The Morgan fingerprint density at radius 2 is 1.48 bits per heavy atom. The monoisotopic (exact) mass is 506 g/mol.